The Bertz CT molecular complexity index is 625. The molecule has 1 unspecified atom stereocenters. The molecule has 3 rings (SSSR count). The normalized spacial score (nSPS) is 25.7. The van der Waals surface area contributed by atoms with Gasteiger partial charge in [0.15, 0.2) is 0 Å². The fourth-order valence-electron chi connectivity index (χ4n) is 3.50. The maximum atomic E-state index is 12.6. The molecule has 1 aliphatic carbocycles. The number of fused-ring (bicyclic) bond motifs is 1. The zero-order valence-corrected chi connectivity index (χ0v) is 13.6. The van der Waals surface area contributed by atoms with Crippen molar-refractivity contribution in [2.24, 2.45) is 5.41 Å². The van der Waals surface area contributed by atoms with Gasteiger partial charge >= 0.3 is 0 Å². The molecule has 0 saturated heterocycles. The summed E-state index contributed by atoms with van der Waals surface area (Å²) >= 11 is 0. The smallest absolute Gasteiger partial charge is 0.199 e. The van der Waals surface area contributed by atoms with Crippen LogP contribution < -0.4 is 4.72 Å². The Morgan fingerprint density at radius 3 is 2.62 bits per heavy atom. The average Bonchev–Trinajstić information content (AvgIpc) is 2.76. The molecule has 5 heteroatoms. The summed E-state index contributed by atoms with van der Waals surface area (Å²) in [5, 5.41) is 0. The van der Waals surface area contributed by atoms with Crippen LogP contribution in [0.15, 0.2) is 24.3 Å². The molecule has 1 fully saturated rings. The highest BCUT2D eigenvalue weighted by Crippen LogP contribution is 2.37. The molecule has 1 aromatic carbocycles. The van der Waals surface area contributed by atoms with Crippen LogP contribution in [0.2, 0.25) is 0 Å². The van der Waals surface area contributed by atoms with Gasteiger partial charge in [-0.1, -0.05) is 38.1 Å². The highest BCUT2D eigenvalue weighted by Gasteiger charge is 2.35. The summed E-state index contributed by atoms with van der Waals surface area (Å²) in [5.74, 6) is 0. The van der Waals surface area contributed by atoms with Crippen molar-refractivity contribution in [2.45, 2.75) is 52.1 Å². The Kier molecular flexibility index (Phi) is 3.84. The fourth-order valence-corrected chi connectivity index (χ4v) is 4.91. The zero-order chi connectivity index (χ0) is 15.1. The number of rotatable bonds is 3. The first kappa shape index (κ1) is 15.0. The Balaban J connectivity index is 1.69. The van der Waals surface area contributed by atoms with Crippen LogP contribution >= 0.6 is 0 Å². The fraction of sp³-hybridized carbons (Fsp3) is 0.625. The average molecular weight is 308 g/mol. The van der Waals surface area contributed by atoms with Gasteiger partial charge in [0.05, 0.1) is 0 Å². The second kappa shape index (κ2) is 5.38. The summed E-state index contributed by atoms with van der Waals surface area (Å²) in [4.78, 5) is 0. The van der Waals surface area contributed by atoms with Gasteiger partial charge in [-0.25, -0.2) is 0 Å². The number of nitrogens with zero attached hydrogens (tertiary/aromatic N) is 1. The number of nitrogens with one attached hydrogen (secondary N) is 1. The molecule has 1 aliphatic heterocycles. The molecular weight excluding hydrogens is 284 g/mol. The monoisotopic (exact) mass is 308 g/mol. The lowest BCUT2D eigenvalue weighted by atomic mass is 9.92. The highest BCUT2D eigenvalue weighted by atomic mass is 32.2. The van der Waals surface area contributed by atoms with Crippen molar-refractivity contribution in [3.63, 3.8) is 0 Å². The van der Waals surface area contributed by atoms with Crippen LogP contribution in [0.3, 0.4) is 0 Å². The van der Waals surface area contributed by atoms with Crippen molar-refractivity contribution in [1.29, 1.82) is 0 Å². The number of hydrogen-bond donors (Lipinski definition) is 1. The van der Waals surface area contributed by atoms with E-state index in [1.165, 1.54) is 5.56 Å². The van der Waals surface area contributed by atoms with E-state index in [2.05, 4.69) is 24.6 Å². The van der Waals surface area contributed by atoms with Gasteiger partial charge in [-0.3, -0.25) is 0 Å². The first-order valence-corrected chi connectivity index (χ1v) is 9.14. The molecule has 0 spiro atoms. The number of benzene rings is 1. The molecule has 2 aliphatic rings. The molecule has 1 heterocycles. The van der Waals surface area contributed by atoms with E-state index in [4.69, 9.17) is 0 Å². The predicted octanol–water partition coefficient (Wildman–Crippen LogP) is 2.46. The van der Waals surface area contributed by atoms with E-state index in [0.717, 1.165) is 31.2 Å². The topological polar surface area (TPSA) is 49.4 Å². The standard InChI is InChI=1S/C16H24N2O2S/c1-16(2)9-7-15(11-16)17-21(19,20)18-10-8-13-5-3-4-6-14(13)12-18/h3-6,15,17H,7-12H2,1-2H3. The van der Waals surface area contributed by atoms with Crippen LogP contribution in [0, 0.1) is 5.41 Å². The number of hydrogen-bond acceptors (Lipinski definition) is 2. The van der Waals surface area contributed by atoms with Crippen LogP contribution in [-0.2, 0) is 23.2 Å². The summed E-state index contributed by atoms with van der Waals surface area (Å²) in [6.45, 7) is 5.47. The highest BCUT2D eigenvalue weighted by molar-refractivity contribution is 7.87. The molecular formula is C16H24N2O2S. The van der Waals surface area contributed by atoms with E-state index >= 15 is 0 Å². The zero-order valence-electron chi connectivity index (χ0n) is 12.8. The van der Waals surface area contributed by atoms with Crippen LogP contribution in [-0.4, -0.2) is 25.3 Å². The summed E-state index contributed by atoms with van der Waals surface area (Å²) in [5.41, 5.74) is 2.65. The van der Waals surface area contributed by atoms with E-state index in [9.17, 15) is 8.42 Å². The minimum Gasteiger partial charge on any atom is -0.199 e. The van der Waals surface area contributed by atoms with E-state index in [1.807, 2.05) is 18.2 Å². The molecule has 21 heavy (non-hydrogen) atoms. The maximum Gasteiger partial charge on any atom is 0.280 e. The van der Waals surface area contributed by atoms with Crippen molar-refractivity contribution in [3.8, 4) is 0 Å². The van der Waals surface area contributed by atoms with Crippen molar-refractivity contribution >= 4 is 10.2 Å². The van der Waals surface area contributed by atoms with E-state index in [0.29, 0.717) is 13.1 Å². The van der Waals surface area contributed by atoms with Gasteiger partial charge < -0.3 is 0 Å². The third kappa shape index (κ3) is 3.30. The summed E-state index contributed by atoms with van der Waals surface area (Å²) in [6.07, 6.45) is 3.75. The van der Waals surface area contributed by atoms with Gasteiger partial charge in [-0.05, 0) is 42.2 Å². The van der Waals surface area contributed by atoms with Crippen LogP contribution in [0.5, 0.6) is 0 Å². The third-order valence-electron chi connectivity index (χ3n) is 4.72. The Morgan fingerprint density at radius 2 is 1.95 bits per heavy atom. The van der Waals surface area contributed by atoms with E-state index in [1.54, 1.807) is 4.31 Å². The van der Waals surface area contributed by atoms with Crippen LogP contribution in [0.25, 0.3) is 0 Å². The molecule has 1 atom stereocenters. The van der Waals surface area contributed by atoms with Gasteiger partial charge in [0, 0.05) is 19.1 Å². The second-order valence-electron chi connectivity index (χ2n) is 7.08. The van der Waals surface area contributed by atoms with Crippen LogP contribution in [0.1, 0.15) is 44.2 Å². The quantitative estimate of drug-likeness (QED) is 0.932. The summed E-state index contributed by atoms with van der Waals surface area (Å²) < 4.78 is 29.6. The van der Waals surface area contributed by atoms with E-state index in [-0.39, 0.29) is 11.5 Å². The first-order valence-electron chi connectivity index (χ1n) is 7.70. The minimum atomic E-state index is -3.38. The van der Waals surface area contributed by atoms with Crippen molar-refractivity contribution in [3.05, 3.63) is 35.4 Å². The van der Waals surface area contributed by atoms with Crippen molar-refractivity contribution < 1.29 is 8.42 Å². The lowest BCUT2D eigenvalue weighted by molar-refractivity contribution is 0.360. The Hall–Kier alpha value is -0.910. The van der Waals surface area contributed by atoms with Gasteiger partial charge in [-0.2, -0.15) is 17.4 Å². The second-order valence-corrected chi connectivity index (χ2v) is 8.78. The maximum absolute atomic E-state index is 12.6. The van der Waals surface area contributed by atoms with E-state index < -0.39 is 10.2 Å². The molecule has 116 valence electrons. The lowest BCUT2D eigenvalue weighted by Gasteiger charge is -2.29. The Labute approximate surface area is 127 Å². The van der Waals surface area contributed by atoms with Gasteiger partial charge in [0.1, 0.15) is 0 Å². The van der Waals surface area contributed by atoms with Crippen LogP contribution in [0.4, 0.5) is 0 Å². The first-order chi connectivity index (χ1) is 9.86. The minimum absolute atomic E-state index is 0.0853. The van der Waals surface area contributed by atoms with Gasteiger partial charge in [0.25, 0.3) is 10.2 Å². The lowest BCUT2D eigenvalue weighted by Crippen LogP contribution is -2.46. The molecule has 0 amide bonds. The van der Waals surface area contributed by atoms with Gasteiger partial charge in [0.2, 0.25) is 0 Å². The molecule has 0 bridgehead atoms. The molecule has 1 aromatic rings. The molecule has 4 nitrogen and oxygen atoms in total. The SMILES string of the molecule is CC1(C)CCC(NS(=O)(=O)N2CCc3ccccc3C2)C1. The van der Waals surface area contributed by atoms with Crippen molar-refractivity contribution in [2.75, 3.05) is 6.54 Å². The third-order valence-corrected chi connectivity index (χ3v) is 6.34. The van der Waals surface area contributed by atoms with Crippen molar-refractivity contribution in [1.82, 2.24) is 9.03 Å². The predicted molar refractivity (Wildman–Crippen MR) is 84.0 cm³/mol. The molecule has 1 saturated carbocycles. The van der Waals surface area contributed by atoms with Gasteiger partial charge in [-0.15, -0.1) is 0 Å². The summed E-state index contributed by atoms with van der Waals surface area (Å²) in [6, 6.07) is 8.19. The largest absolute Gasteiger partial charge is 0.280 e. The summed E-state index contributed by atoms with van der Waals surface area (Å²) in [7, 11) is -3.38. The molecule has 1 N–H and O–H groups in total. The molecule has 0 aromatic heterocycles. The molecule has 0 radical (unpaired) electrons. The Morgan fingerprint density at radius 1 is 1.24 bits per heavy atom.